The van der Waals surface area contributed by atoms with Crippen molar-refractivity contribution in [1.29, 1.82) is 0 Å². The zero-order chi connectivity index (χ0) is 16.5. The molecular formula is C17H26N2O3S. The molecule has 23 heavy (non-hydrogen) atoms. The van der Waals surface area contributed by atoms with Crippen LogP contribution in [0.5, 0.6) is 0 Å². The molecule has 0 aliphatic heterocycles. The normalized spacial score (nSPS) is 16.2. The van der Waals surface area contributed by atoms with Crippen LogP contribution in [0.3, 0.4) is 0 Å². The molecule has 1 saturated carbocycles. The molecular weight excluding hydrogens is 312 g/mol. The maximum absolute atomic E-state index is 11.9. The van der Waals surface area contributed by atoms with Gasteiger partial charge in [-0.2, -0.15) is 0 Å². The Labute approximate surface area is 138 Å². The minimum Gasteiger partial charge on any atom is -0.352 e. The lowest BCUT2D eigenvalue weighted by Crippen LogP contribution is -2.43. The molecule has 1 amide bonds. The van der Waals surface area contributed by atoms with E-state index in [0.717, 1.165) is 37.7 Å². The van der Waals surface area contributed by atoms with Crippen LogP contribution in [0.25, 0.3) is 0 Å². The van der Waals surface area contributed by atoms with Gasteiger partial charge in [-0.3, -0.25) is 4.79 Å². The summed E-state index contributed by atoms with van der Waals surface area (Å²) in [7, 11) is -3.40. The fourth-order valence-corrected chi connectivity index (χ4v) is 3.90. The second-order valence-corrected chi connectivity index (χ2v) is 8.06. The summed E-state index contributed by atoms with van der Waals surface area (Å²) < 4.78 is 26.2. The predicted molar refractivity (Wildman–Crippen MR) is 91.6 cm³/mol. The van der Waals surface area contributed by atoms with E-state index in [1.807, 2.05) is 30.3 Å². The number of hydrogen-bond acceptors (Lipinski definition) is 3. The predicted octanol–water partition coefficient (Wildman–Crippen LogP) is 1.99. The molecule has 0 aromatic heterocycles. The molecule has 1 aliphatic carbocycles. The Kier molecular flexibility index (Phi) is 7.05. The van der Waals surface area contributed by atoms with Gasteiger partial charge in [-0.1, -0.05) is 49.6 Å². The summed E-state index contributed by atoms with van der Waals surface area (Å²) >= 11 is 0. The lowest BCUT2D eigenvalue weighted by atomic mass is 9.95. The van der Waals surface area contributed by atoms with Gasteiger partial charge in [0.1, 0.15) is 0 Å². The van der Waals surface area contributed by atoms with E-state index in [4.69, 9.17) is 0 Å². The third-order valence-corrected chi connectivity index (χ3v) is 5.55. The summed E-state index contributed by atoms with van der Waals surface area (Å²) in [6, 6.07) is 10.00. The van der Waals surface area contributed by atoms with Crippen molar-refractivity contribution in [2.24, 2.45) is 0 Å². The number of benzene rings is 1. The van der Waals surface area contributed by atoms with Crippen molar-refractivity contribution in [1.82, 2.24) is 10.0 Å². The summed E-state index contributed by atoms with van der Waals surface area (Å²) in [6.07, 6.45) is 6.75. The van der Waals surface area contributed by atoms with Gasteiger partial charge in [0.2, 0.25) is 15.9 Å². The summed E-state index contributed by atoms with van der Waals surface area (Å²) in [5.74, 6) is -0.193. The molecule has 0 radical (unpaired) electrons. The molecule has 0 atom stereocenters. The van der Waals surface area contributed by atoms with Gasteiger partial charge in [-0.25, -0.2) is 13.1 Å². The van der Waals surface area contributed by atoms with Gasteiger partial charge in [0.05, 0.1) is 12.3 Å². The van der Waals surface area contributed by atoms with Gasteiger partial charge in [-0.05, 0) is 31.2 Å². The highest BCUT2D eigenvalue weighted by atomic mass is 32.2. The van der Waals surface area contributed by atoms with Crippen molar-refractivity contribution in [3.05, 3.63) is 35.9 Å². The third kappa shape index (κ3) is 7.14. The summed E-state index contributed by atoms with van der Waals surface area (Å²) in [5.41, 5.74) is 1.12. The van der Waals surface area contributed by atoms with E-state index in [-0.39, 0.29) is 24.2 Å². The zero-order valence-corrected chi connectivity index (χ0v) is 14.3. The van der Waals surface area contributed by atoms with Crippen LogP contribution in [0.2, 0.25) is 0 Å². The first-order valence-electron chi connectivity index (χ1n) is 8.36. The Balaban J connectivity index is 1.65. The molecule has 2 N–H and O–H groups in total. The van der Waals surface area contributed by atoms with Crippen molar-refractivity contribution < 1.29 is 13.2 Å². The lowest BCUT2D eigenvalue weighted by molar-refractivity contribution is -0.120. The molecule has 6 heteroatoms. The van der Waals surface area contributed by atoms with Gasteiger partial charge in [0, 0.05) is 6.04 Å². The maximum atomic E-state index is 11.9. The average molecular weight is 338 g/mol. The van der Waals surface area contributed by atoms with Crippen molar-refractivity contribution in [3.63, 3.8) is 0 Å². The molecule has 0 bridgehead atoms. The average Bonchev–Trinajstić information content (AvgIpc) is 2.55. The molecule has 0 saturated heterocycles. The monoisotopic (exact) mass is 338 g/mol. The number of carbonyl (C=O) groups excluding carboxylic acids is 1. The topological polar surface area (TPSA) is 75.3 Å². The van der Waals surface area contributed by atoms with Crippen molar-refractivity contribution in [2.45, 2.75) is 51.0 Å². The van der Waals surface area contributed by atoms with Crippen LogP contribution in [0.15, 0.2) is 30.3 Å². The SMILES string of the molecule is O=C(CNS(=O)(=O)CCCc1ccccc1)NC1CCCCC1. The number of carbonyl (C=O) groups is 1. The number of amides is 1. The first kappa shape index (κ1) is 17.9. The number of aryl methyl sites for hydroxylation is 1. The quantitative estimate of drug-likeness (QED) is 0.761. The Hall–Kier alpha value is -1.40. The van der Waals surface area contributed by atoms with E-state index in [1.54, 1.807) is 0 Å². The van der Waals surface area contributed by atoms with Crippen LogP contribution >= 0.6 is 0 Å². The van der Waals surface area contributed by atoms with Crippen molar-refractivity contribution >= 4 is 15.9 Å². The molecule has 0 spiro atoms. The number of rotatable bonds is 8. The van der Waals surface area contributed by atoms with Gasteiger partial charge in [0.25, 0.3) is 0 Å². The molecule has 1 aromatic carbocycles. The smallest absolute Gasteiger partial charge is 0.235 e. The van der Waals surface area contributed by atoms with E-state index >= 15 is 0 Å². The van der Waals surface area contributed by atoms with Crippen LogP contribution in [0, 0.1) is 0 Å². The summed E-state index contributed by atoms with van der Waals surface area (Å²) in [5, 5.41) is 2.91. The molecule has 5 nitrogen and oxygen atoms in total. The number of hydrogen-bond donors (Lipinski definition) is 2. The Morgan fingerprint density at radius 1 is 1.09 bits per heavy atom. The van der Waals surface area contributed by atoms with Gasteiger partial charge >= 0.3 is 0 Å². The van der Waals surface area contributed by atoms with Crippen molar-refractivity contribution in [2.75, 3.05) is 12.3 Å². The van der Waals surface area contributed by atoms with Gasteiger partial charge < -0.3 is 5.32 Å². The molecule has 1 fully saturated rings. The molecule has 2 rings (SSSR count). The Morgan fingerprint density at radius 3 is 2.48 bits per heavy atom. The third-order valence-electron chi connectivity index (χ3n) is 4.14. The molecule has 0 heterocycles. The number of sulfonamides is 1. The van der Waals surface area contributed by atoms with E-state index in [9.17, 15) is 13.2 Å². The van der Waals surface area contributed by atoms with E-state index in [0.29, 0.717) is 6.42 Å². The second-order valence-electron chi connectivity index (χ2n) is 6.13. The van der Waals surface area contributed by atoms with Gasteiger partial charge in [-0.15, -0.1) is 0 Å². The Morgan fingerprint density at radius 2 is 1.78 bits per heavy atom. The van der Waals surface area contributed by atoms with Crippen LogP contribution in [0.4, 0.5) is 0 Å². The fraction of sp³-hybridized carbons (Fsp3) is 0.588. The van der Waals surface area contributed by atoms with Crippen LogP contribution < -0.4 is 10.0 Å². The summed E-state index contributed by atoms with van der Waals surface area (Å²) in [4.78, 5) is 11.8. The zero-order valence-electron chi connectivity index (χ0n) is 13.5. The minimum absolute atomic E-state index is 0.0403. The molecule has 1 aliphatic rings. The van der Waals surface area contributed by atoms with Crippen LogP contribution in [-0.2, 0) is 21.2 Å². The first-order valence-corrected chi connectivity index (χ1v) is 10.0. The molecule has 1 aromatic rings. The van der Waals surface area contributed by atoms with E-state index in [2.05, 4.69) is 10.0 Å². The number of nitrogens with one attached hydrogen (secondary N) is 2. The van der Waals surface area contributed by atoms with Gasteiger partial charge in [0.15, 0.2) is 0 Å². The highest BCUT2D eigenvalue weighted by Gasteiger charge is 2.17. The standard InChI is InChI=1S/C17H26N2O3S/c20-17(19-16-11-5-2-6-12-16)14-18-23(21,22)13-7-10-15-8-3-1-4-9-15/h1,3-4,8-9,16,18H,2,5-7,10-14H2,(H,19,20). The van der Waals surface area contributed by atoms with E-state index < -0.39 is 10.0 Å². The van der Waals surface area contributed by atoms with Crippen LogP contribution in [0.1, 0.15) is 44.1 Å². The fourth-order valence-electron chi connectivity index (χ4n) is 2.88. The van der Waals surface area contributed by atoms with E-state index in [1.165, 1.54) is 6.42 Å². The first-order chi connectivity index (χ1) is 11.1. The minimum atomic E-state index is -3.40. The molecule has 128 valence electrons. The highest BCUT2D eigenvalue weighted by Crippen LogP contribution is 2.17. The van der Waals surface area contributed by atoms with Crippen molar-refractivity contribution in [3.8, 4) is 0 Å². The maximum Gasteiger partial charge on any atom is 0.235 e. The summed E-state index contributed by atoms with van der Waals surface area (Å²) in [6.45, 7) is -0.163. The highest BCUT2D eigenvalue weighted by molar-refractivity contribution is 7.89. The Bertz CT molecular complexity index is 581. The largest absolute Gasteiger partial charge is 0.352 e. The second kappa shape index (κ2) is 9.03. The van der Waals surface area contributed by atoms with Crippen LogP contribution in [-0.4, -0.2) is 32.7 Å². The lowest BCUT2D eigenvalue weighted by Gasteiger charge is -2.22. The molecule has 0 unspecified atom stereocenters.